The van der Waals surface area contributed by atoms with Gasteiger partial charge in [0.1, 0.15) is 11.9 Å². The summed E-state index contributed by atoms with van der Waals surface area (Å²) in [6.45, 7) is 8.17. The molecule has 1 heterocycles. The van der Waals surface area contributed by atoms with Crippen LogP contribution in [0.4, 0.5) is 0 Å². The number of rotatable bonds is 6. The molecule has 142 valence electrons. The third-order valence-corrected chi connectivity index (χ3v) is 4.55. The lowest BCUT2D eigenvalue weighted by atomic mass is 10.1. The quantitative estimate of drug-likeness (QED) is 0.678. The lowest BCUT2D eigenvalue weighted by Crippen LogP contribution is -2.44. The zero-order valence-electron chi connectivity index (χ0n) is 16.7. The Morgan fingerprint density at radius 3 is 2.41 bits per heavy atom. The number of aromatic nitrogens is 2. The minimum atomic E-state index is -0.265. The number of hydrogen-bond donors (Lipinski definition) is 1. The molecule has 0 aliphatic rings. The number of benzene rings is 2. The van der Waals surface area contributed by atoms with Crippen LogP contribution in [-0.2, 0) is 11.2 Å². The topological polar surface area (TPSA) is 46.9 Å². The number of carbonyl (C=O) groups excluding carboxylic acids is 1. The van der Waals surface area contributed by atoms with Gasteiger partial charge in [0.2, 0.25) is 5.91 Å². The summed E-state index contributed by atoms with van der Waals surface area (Å²) in [6, 6.07) is 18.1. The molecule has 1 amide bonds. The second-order valence-corrected chi connectivity index (χ2v) is 8.09. The highest BCUT2D eigenvalue weighted by Crippen LogP contribution is 2.26. The van der Waals surface area contributed by atoms with Crippen LogP contribution in [0, 0.1) is 0 Å². The fourth-order valence-electron chi connectivity index (χ4n) is 3.45. The molecule has 1 unspecified atom stereocenters. The lowest BCUT2D eigenvalue weighted by molar-refractivity contribution is -0.126. The smallest absolute Gasteiger partial charge is 0.243 e. The van der Waals surface area contributed by atoms with Crippen molar-refractivity contribution in [3.63, 3.8) is 0 Å². The van der Waals surface area contributed by atoms with Crippen molar-refractivity contribution in [1.82, 2.24) is 14.9 Å². The Hall–Kier alpha value is -2.62. The molecule has 1 N–H and O–H groups in total. The van der Waals surface area contributed by atoms with Crippen molar-refractivity contribution in [3.05, 3.63) is 66.0 Å². The minimum Gasteiger partial charge on any atom is -0.350 e. The van der Waals surface area contributed by atoms with Crippen molar-refractivity contribution in [2.75, 3.05) is 0 Å². The fraction of sp³-hybridized carbons (Fsp3) is 0.391. The number of fused-ring (bicyclic) bond motifs is 1. The number of nitrogens with zero attached hydrogens (tertiary/aromatic N) is 2. The van der Waals surface area contributed by atoms with Gasteiger partial charge in [0, 0.05) is 12.0 Å². The highest BCUT2D eigenvalue weighted by molar-refractivity contribution is 5.84. The monoisotopic (exact) mass is 363 g/mol. The Morgan fingerprint density at radius 1 is 1.07 bits per heavy atom. The summed E-state index contributed by atoms with van der Waals surface area (Å²) in [6.07, 6.45) is 2.42. The third kappa shape index (κ3) is 4.57. The molecular formula is C23H29N3O. The van der Waals surface area contributed by atoms with Crippen LogP contribution in [0.5, 0.6) is 0 Å². The van der Waals surface area contributed by atoms with E-state index >= 15 is 0 Å². The summed E-state index contributed by atoms with van der Waals surface area (Å²) in [5.41, 5.74) is 2.89. The molecule has 1 atom stereocenters. The number of para-hydroxylation sites is 2. The van der Waals surface area contributed by atoms with Gasteiger partial charge in [-0.3, -0.25) is 4.79 Å². The summed E-state index contributed by atoms with van der Waals surface area (Å²) >= 11 is 0. The average Bonchev–Trinajstić information content (AvgIpc) is 2.96. The van der Waals surface area contributed by atoms with Gasteiger partial charge in [-0.1, -0.05) is 55.8 Å². The van der Waals surface area contributed by atoms with E-state index in [1.807, 2.05) is 57.2 Å². The molecular weight excluding hydrogens is 334 g/mol. The predicted molar refractivity (Wildman–Crippen MR) is 111 cm³/mol. The van der Waals surface area contributed by atoms with Crippen LogP contribution in [0.25, 0.3) is 11.0 Å². The summed E-state index contributed by atoms with van der Waals surface area (Å²) in [4.78, 5) is 18.0. The first-order valence-corrected chi connectivity index (χ1v) is 9.71. The van der Waals surface area contributed by atoms with E-state index in [-0.39, 0.29) is 17.5 Å². The van der Waals surface area contributed by atoms with E-state index in [0.29, 0.717) is 6.42 Å². The largest absolute Gasteiger partial charge is 0.350 e. The van der Waals surface area contributed by atoms with Crippen molar-refractivity contribution in [2.24, 2.45) is 0 Å². The van der Waals surface area contributed by atoms with E-state index in [2.05, 4.69) is 35.0 Å². The Labute approximate surface area is 161 Å². The second-order valence-electron chi connectivity index (χ2n) is 8.09. The molecule has 0 fully saturated rings. The van der Waals surface area contributed by atoms with Gasteiger partial charge in [-0.25, -0.2) is 4.98 Å². The molecule has 27 heavy (non-hydrogen) atoms. The zero-order chi connectivity index (χ0) is 19.4. The Bertz CT molecular complexity index is 906. The predicted octanol–water partition coefficient (Wildman–Crippen LogP) is 4.88. The highest BCUT2D eigenvalue weighted by Gasteiger charge is 2.27. The lowest BCUT2D eigenvalue weighted by Gasteiger charge is -2.27. The summed E-state index contributed by atoms with van der Waals surface area (Å²) in [5, 5.41) is 3.16. The maximum absolute atomic E-state index is 13.1. The maximum Gasteiger partial charge on any atom is 0.243 e. The first kappa shape index (κ1) is 19.2. The zero-order valence-corrected chi connectivity index (χ0v) is 16.7. The van der Waals surface area contributed by atoms with Crippen LogP contribution in [-0.4, -0.2) is 21.0 Å². The Balaban J connectivity index is 2.08. The summed E-state index contributed by atoms with van der Waals surface area (Å²) < 4.78 is 2.15. The SMILES string of the molecule is CCCC(C(=O)NC(C)(C)C)n1c(Cc2ccccc2)nc2ccccc21. The van der Waals surface area contributed by atoms with E-state index in [9.17, 15) is 4.79 Å². The van der Waals surface area contributed by atoms with Gasteiger partial charge in [-0.2, -0.15) is 0 Å². The molecule has 0 saturated carbocycles. The molecule has 2 aromatic carbocycles. The second kappa shape index (κ2) is 7.95. The average molecular weight is 364 g/mol. The molecule has 4 heteroatoms. The third-order valence-electron chi connectivity index (χ3n) is 4.55. The van der Waals surface area contributed by atoms with Crippen LogP contribution < -0.4 is 5.32 Å². The van der Waals surface area contributed by atoms with E-state index in [1.165, 1.54) is 5.56 Å². The number of hydrogen-bond acceptors (Lipinski definition) is 2. The maximum atomic E-state index is 13.1. The van der Waals surface area contributed by atoms with Crippen molar-refractivity contribution >= 4 is 16.9 Å². The number of nitrogens with one attached hydrogen (secondary N) is 1. The molecule has 0 aliphatic heterocycles. The Morgan fingerprint density at radius 2 is 1.74 bits per heavy atom. The highest BCUT2D eigenvalue weighted by atomic mass is 16.2. The molecule has 0 aliphatic carbocycles. The van der Waals surface area contributed by atoms with Crippen molar-refractivity contribution in [2.45, 2.75) is 58.5 Å². The van der Waals surface area contributed by atoms with Gasteiger partial charge in [-0.05, 0) is 44.9 Å². The molecule has 0 spiro atoms. The van der Waals surface area contributed by atoms with Gasteiger partial charge < -0.3 is 9.88 Å². The fourth-order valence-corrected chi connectivity index (χ4v) is 3.45. The van der Waals surface area contributed by atoms with Gasteiger partial charge in [0.05, 0.1) is 11.0 Å². The first-order chi connectivity index (χ1) is 12.9. The van der Waals surface area contributed by atoms with Crippen molar-refractivity contribution < 1.29 is 4.79 Å². The van der Waals surface area contributed by atoms with Gasteiger partial charge >= 0.3 is 0 Å². The Kier molecular flexibility index (Phi) is 5.64. The van der Waals surface area contributed by atoms with Gasteiger partial charge in [0.15, 0.2) is 0 Å². The van der Waals surface area contributed by atoms with Crippen LogP contribution >= 0.6 is 0 Å². The molecule has 0 bridgehead atoms. The van der Waals surface area contributed by atoms with Crippen LogP contribution in [0.1, 0.15) is 58.0 Å². The normalized spacial score (nSPS) is 12.9. The van der Waals surface area contributed by atoms with E-state index in [1.54, 1.807) is 0 Å². The van der Waals surface area contributed by atoms with Gasteiger partial charge in [0.25, 0.3) is 0 Å². The molecule has 4 nitrogen and oxygen atoms in total. The molecule has 1 aromatic heterocycles. The summed E-state index contributed by atoms with van der Waals surface area (Å²) in [5.74, 6) is 0.992. The standard InChI is InChI=1S/C23H29N3O/c1-5-11-20(22(27)25-23(2,3)4)26-19-15-10-9-14-18(19)24-21(26)16-17-12-7-6-8-13-17/h6-10,12-15,20H,5,11,16H2,1-4H3,(H,25,27). The van der Waals surface area contributed by atoms with Crippen molar-refractivity contribution in [1.29, 1.82) is 0 Å². The van der Waals surface area contributed by atoms with Crippen LogP contribution in [0.15, 0.2) is 54.6 Å². The molecule has 0 radical (unpaired) electrons. The molecule has 0 saturated heterocycles. The molecule has 3 aromatic rings. The molecule has 3 rings (SSSR count). The van der Waals surface area contributed by atoms with E-state index in [4.69, 9.17) is 4.98 Å². The summed E-state index contributed by atoms with van der Waals surface area (Å²) in [7, 11) is 0. The van der Waals surface area contributed by atoms with Crippen molar-refractivity contribution in [3.8, 4) is 0 Å². The number of carbonyl (C=O) groups is 1. The van der Waals surface area contributed by atoms with E-state index < -0.39 is 0 Å². The van der Waals surface area contributed by atoms with Gasteiger partial charge in [-0.15, -0.1) is 0 Å². The van der Waals surface area contributed by atoms with Crippen LogP contribution in [0.2, 0.25) is 0 Å². The van der Waals surface area contributed by atoms with E-state index in [0.717, 1.165) is 29.7 Å². The minimum absolute atomic E-state index is 0.0572. The number of amides is 1. The first-order valence-electron chi connectivity index (χ1n) is 9.71. The number of imidazole rings is 1. The van der Waals surface area contributed by atoms with Crippen LogP contribution in [0.3, 0.4) is 0 Å².